The fourth-order valence-corrected chi connectivity index (χ4v) is 5.41. The number of sulfonamides is 1. The Kier molecular flexibility index (Phi) is 3.58. The van der Waals surface area contributed by atoms with Gasteiger partial charge in [0.1, 0.15) is 17.8 Å². The van der Waals surface area contributed by atoms with Crippen molar-refractivity contribution >= 4 is 26.9 Å². The van der Waals surface area contributed by atoms with Crippen LogP contribution in [-0.2, 0) is 10.0 Å². The van der Waals surface area contributed by atoms with Gasteiger partial charge >= 0.3 is 0 Å². The van der Waals surface area contributed by atoms with Crippen LogP contribution in [0.5, 0.6) is 0 Å². The third-order valence-corrected chi connectivity index (χ3v) is 7.63. The van der Waals surface area contributed by atoms with Crippen molar-refractivity contribution < 1.29 is 8.42 Å². The summed E-state index contributed by atoms with van der Waals surface area (Å²) >= 11 is 0. The van der Waals surface area contributed by atoms with E-state index < -0.39 is 10.0 Å². The van der Waals surface area contributed by atoms with Crippen molar-refractivity contribution in [1.29, 1.82) is 0 Å². The standard InChI is InChI=1S/C16H23N5O2S/c1-4-24(22,23)21-7-12-13(8-21)14(12)10(2)20(3)16-11-5-6-17-15(11)18-9-19-16/h5-6,9-10,12-14H,4,7-8H2,1-3H3,(H,17,18,19)/t10?,12-,13+,14+. The largest absolute Gasteiger partial charge is 0.356 e. The van der Waals surface area contributed by atoms with E-state index in [1.807, 2.05) is 12.3 Å². The van der Waals surface area contributed by atoms with Crippen LogP contribution in [-0.4, -0.2) is 59.6 Å². The Balaban J connectivity index is 1.49. The summed E-state index contributed by atoms with van der Waals surface area (Å²) in [6.07, 6.45) is 3.46. The number of fused-ring (bicyclic) bond motifs is 2. The summed E-state index contributed by atoms with van der Waals surface area (Å²) in [4.78, 5) is 14.0. The second-order valence-corrected chi connectivity index (χ2v) is 9.17. The molecule has 1 saturated carbocycles. The van der Waals surface area contributed by atoms with Crippen LogP contribution in [0.3, 0.4) is 0 Å². The van der Waals surface area contributed by atoms with E-state index in [-0.39, 0.29) is 5.75 Å². The molecule has 2 aromatic heterocycles. The number of aromatic amines is 1. The average molecular weight is 349 g/mol. The molecule has 0 radical (unpaired) electrons. The molecule has 0 bridgehead atoms. The van der Waals surface area contributed by atoms with Crippen molar-refractivity contribution in [1.82, 2.24) is 19.3 Å². The van der Waals surface area contributed by atoms with Crippen LogP contribution in [0, 0.1) is 17.8 Å². The van der Waals surface area contributed by atoms with E-state index in [0.717, 1.165) is 16.9 Å². The normalized spacial score (nSPS) is 28.0. The molecule has 1 N–H and O–H groups in total. The van der Waals surface area contributed by atoms with Crippen LogP contribution in [0.2, 0.25) is 0 Å². The summed E-state index contributed by atoms with van der Waals surface area (Å²) in [6, 6.07) is 2.32. The molecule has 1 aliphatic carbocycles. The fraction of sp³-hybridized carbons (Fsp3) is 0.625. The quantitative estimate of drug-likeness (QED) is 0.880. The molecule has 4 rings (SSSR count). The van der Waals surface area contributed by atoms with Crippen molar-refractivity contribution in [3.05, 3.63) is 18.6 Å². The van der Waals surface area contributed by atoms with Crippen LogP contribution >= 0.6 is 0 Å². The summed E-state index contributed by atoms with van der Waals surface area (Å²) in [7, 11) is -0.985. The number of aromatic nitrogens is 3. The van der Waals surface area contributed by atoms with E-state index in [1.54, 1.807) is 17.6 Å². The maximum absolute atomic E-state index is 12.0. The number of H-pyrrole nitrogens is 1. The van der Waals surface area contributed by atoms with Gasteiger partial charge in [0.25, 0.3) is 0 Å². The minimum Gasteiger partial charge on any atom is -0.356 e. The first-order valence-corrected chi connectivity index (χ1v) is 10.0. The molecule has 8 heteroatoms. The van der Waals surface area contributed by atoms with Gasteiger partial charge in [0.15, 0.2) is 0 Å². The second kappa shape index (κ2) is 5.42. The summed E-state index contributed by atoms with van der Waals surface area (Å²) in [5.74, 6) is 2.61. The molecule has 1 saturated heterocycles. The summed E-state index contributed by atoms with van der Waals surface area (Å²) < 4.78 is 25.7. The van der Waals surface area contributed by atoms with E-state index in [9.17, 15) is 8.42 Å². The summed E-state index contributed by atoms with van der Waals surface area (Å²) in [5, 5.41) is 1.02. The topological polar surface area (TPSA) is 82.2 Å². The molecule has 0 amide bonds. The maximum Gasteiger partial charge on any atom is 0.213 e. The first-order valence-electron chi connectivity index (χ1n) is 8.42. The van der Waals surface area contributed by atoms with Gasteiger partial charge in [-0.2, -0.15) is 0 Å². The smallest absolute Gasteiger partial charge is 0.213 e. The van der Waals surface area contributed by atoms with Gasteiger partial charge in [-0.05, 0) is 37.7 Å². The highest BCUT2D eigenvalue weighted by Crippen LogP contribution is 2.55. The van der Waals surface area contributed by atoms with E-state index >= 15 is 0 Å². The number of nitrogens with one attached hydrogen (secondary N) is 1. The van der Waals surface area contributed by atoms with Gasteiger partial charge in [-0.3, -0.25) is 0 Å². The van der Waals surface area contributed by atoms with Gasteiger partial charge in [0, 0.05) is 32.4 Å². The number of rotatable bonds is 5. The Morgan fingerprint density at radius 2 is 2.08 bits per heavy atom. The molecule has 0 aromatic carbocycles. The molecular weight excluding hydrogens is 326 g/mol. The molecule has 2 fully saturated rings. The lowest BCUT2D eigenvalue weighted by molar-refractivity contribution is 0.390. The predicted octanol–water partition coefficient (Wildman–Crippen LogP) is 1.31. The van der Waals surface area contributed by atoms with Crippen LogP contribution in [0.25, 0.3) is 11.0 Å². The number of hydrogen-bond donors (Lipinski definition) is 1. The molecule has 3 heterocycles. The Labute approximate surface area is 142 Å². The first kappa shape index (κ1) is 15.8. The van der Waals surface area contributed by atoms with Gasteiger partial charge in [0.2, 0.25) is 10.0 Å². The highest BCUT2D eigenvalue weighted by atomic mass is 32.2. The van der Waals surface area contributed by atoms with E-state index in [4.69, 9.17) is 0 Å². The third kappa shape index (κ3) is 2.31. The highest BCUT2D eigenvalue weighted by molar-refractivity contribution is 7.89. The number of anilines is 1. The molecule has 24 heavy (non-hydrogen) atoms. The van der Waals surface area contributed by atoms with Crippen molar-refractivity contribution in [2.75, 3.05) is 30.8 Å². The SMILES string of the molecule is CCS(=O)(=O)N1C[C@@H]2[C@H](C1)[C@H]2C(C)N(C)c1ncnc2[nH]ccc12. The van der Waals surface area contributed by atoms with Gasteiger partial charge in [-0.1, -0.05) is 0 Å². The van der Waals surface area contributed by atoms with E-state index in [2.05, 4.69) is 33.8 Å². The number of nitrogens with zero attached hydrogens (tertiary/aromatic N) is 4. The lowest BCUT2D eigenvalue weighted by Gasteiger charge is -2.29. The fourth-order valence-electron chi connectivity index (χ4n) is 4.25. The maximum atomic E-state index is 12.0. The Morgan fingerprint density at radius 3 is 2.75 bits per heavy atom. The number of hydrogen-bond acceptors (Lipinski definition) is 5. The lowest BCUT2D eigenvalue weighted by atomic mass is 10.1. The molecule has 7 nitrogen and oxygen atoms in total. The second-order valence-electron chi connectivity index (χ2n) is 6.91. The van der Waals surface area contributed by atoms with Gasteiger partial charge < -0.3 is 9.88 Å². The summed E-state index contributed by atoms with van der Waals surface area (Å²) in [6.45, 7) is 5.27. The van der Waals surface area contributed by atoms with Crippen molar-refractivity contribution in [2.45, 2.75) is 19.9 Å². The average Bonchev–Trinajstić information content (AvgIpc) is 2.98. The molecular formula is C16H23N5O2S. The molecule has 2 aliphatic rings. The summed E-state index contributed by atoms with van der Waals surface area (Å²) in [5.41, 5.74) is 0.843. The highest BCUT2D eigenvalue weighted by Gasteiger charge is 2.60. The molecule has 130 valence electrons. The monoisotopic (exact) mass is 349 g/mol. The zero-order chi connectivity index (χ0) is 17.1. The van der Waals surface area contributed by atoms with Crippen LogP contribution in [0.4, 0.5) is 5.82 Å². The predicted molar refractivity (Wildman–Crippen MR) is 93.3 cm³/mol. The van der Waals surface area contributed by atoms with Crippen molar-refractivity contribution in [2.24, 2.45) is 17.8 Å². The van der Waals surface area contributed by atoms with Crippen LogP contribution in [0.15, 0.2) is 18.6 Å². The minimum atomic E-state index is -3.05. The van der Waals surface area contributed by atoms with Gasteiger partial charge in [-0.25, -0.2) is 22.7 Å². The Bertz CT molecular complexity index is 852. The van der Waals surface area contributed by atoms with Crippen molar-refractivity contribution in [3.8, 4) is 0 Å². The van der Waals surface area contributed by atoms with Gasteiger partial charge in [0.05, 0.1) is 11.1 Å². The molecule has 1 aliphatic heterocycles. The van der Waals surface area contributed by atoms with Crippen LogP contribution < -0.4 is 4.90 Å². The third-order valence-electron chi connectivity index (χ3n) is 5.82. The Hall–Kier alpha value is -1.67. The molecule has 4 atom stereocenters. The van der Waals surface area contributed by atoms with Gasteiger partial charge in [-0.15, -0.1) is 0 Å². The van der Waals surface area contributed by atoms with E-state index in [1.165, 1.54) is 0 Å². The van der Waals surface area contributed by atoms with Crippen LogP contribution in [0.1, 0.15) is 13.8 Å². The minimum absolute atomic E-state index is 0.193. The van der Waals surface area contributed by atoms with Crippen molar-refractivity contribution in [3.63, 3.8) is 0 Å². The molecule has 2 aromatic rings. The number of piperidine rings is 1. The molecule has 1 unspecified atom stereocenters. The molecule has 0 spiro atoms. The Morgan fingerprint density at radius 1 is 1.38 bits per heavy atom. The zero-order valence-electron chi connectivity index (χ0n) is 14.2. The first-order chi connectivity index (χ1) is 11.4. The van der Waals surface area contributed by atoms with E-state index in [0.29, 0.717) is 36.9 Å². The zero-order valence-corrected chi connectivity index (χ0v) is 15.0. The lowest BCUT2D eigenvalue weighted by Crippen LogP contribution is -2.38.